The van der Waals surface area contributed by atoms with Gasteiger partial charge in [0.15, 0.2) is 0 Å². The van der Waals surface area contributed by atoms with E-state index in [9.17, 15) is 4.39 Å². The monoisotopic (exact) mass is 367 g/mol. The number of rotatable bonds is 6. The first kappa shape index (κ1) is 18.3. The number of nitrogens with zero attached hydrogens (tertiary/aromatic N) is 3. The molecular weight excluding hydrogens is 345 g/mol. The summed E-state index contributed by atoms with van der Waals surface area (Å²) in [5.41, 5.74) is 4.16. The largest absolute Gasteiger partial charge is 0.257 e. The molecule has 2 aromatic carbocycles. The fourth-order valence-corrected chi connectivity index (χ4v) is 3.35. The van der Waals surface area contributed by atoms with Crippen LogP contribution in [0.3, 0.4) is 0 Å². The molecule has 3 aromatic rings. The maximum atomic E-state index is 13.3. The fourth-order valence-electron chi connectivity index (χ4n) is 2.49. The zero-order valence-electron chi connectivity index (χ0n) is 15.0. The lowest BCUT2D eigenvalue weighted by Gasteiger charge is -2.05. The second-order valence-corrected chi connectivity index (χ2v) is 6.86. The molecule has 26 heavy (non-hydrogen) atoms. The lowest BCUT2D eigenvalue weighted by Crippen LogP contribution is -2.14. The molecule has 0 aliphatic heterocycles. The summed E-state index contributed by atoms with van der Waals surface area (Å²) in [7, 11) is 0. The van der Waals surface area contributed by atoms with Gasteiger partial charge >= 0.3 is 0 Å². The van der Waals surface area contributed by atoms with E-state index >= 15 is 0 Å². The summed E-state index contributed by atoms with van der Waals surface area (Å²) < 4.78 is 15.1. The van der Waals surface area contributed by atoms with E-state index in [0.717, 1.165) is 34.6 Å². The average molecular weight is 367 g/mol. The molecule has 0 fully saturated rings. The quantitative estimate of drug-likeness (QED) is 0.541. The minimum absolute atomic E-state index is 0.239. The molecule has 0 unspecified atom stereocenters. The van der Waals surface area contributed by atoms with Crippen molar-refractivity contribution in [2.24, 2.45) is 10.1 Å². The van der Waals surface area contributed by atoms with E-state index in [1.165, 1.54) is 17.7 Å². The Morgan fingerprint density at radius 2 is 1.81 bits per heavy atom. The molecule has 0 amide bonds. The lowest BCUT2D eigenvalue weighted by atomic mass is 10.2. The number of hydrogen-bond acceptors (Lipinski definition) is 3. The highest BCUT2D eigenvalue weighted by Crippen LogP contribution is 2.20. The minimum Gasteiger partial charge on any atom is -0.257 e. The molecule has 0 radical (unpaired) electrons. The Morgan fingerprint density at radius 1 is 1.08 bits per heavy atom. The number of benzene rings is 2. The second kappa shape index (κ2) is 8.72. The predicted molar refractivity (Wildman–Crippen MR) is 107 cm³/mol. The van der Waals surface area contributed by atoms with Crippen LogP contribution in [0.2, 0.25) is 0 Å². The smallest absolute Gasteiger partial charge is 0.206 e. The van der Waals surface area contributed by atoms with Crippen molar-refractivity contribution >= 4 is 17.0 Å². The lowest BCUT2D eigenvalue weighted by molar-refractivity contribution is 0.628. The van der Waals surface area contributed by atoms with Crippen molar-refractivity contribution in [3.05, 3.63) is 76.2 Å². The number of aromatic nitrogens is 1. The first-order valence-corrected chi connectivity index (χ1v) is 9.60. The Hall–Kier alpha value is -2.53. The van der Waals surface area contributed by atoms with Crippen molar-refractivity contribution in [2.75, 3.05) is 6.54 Å². The SMILES string of the molecule is CCC(C)=Nn1c(-c2ccc(F)cc2)csc1=NCCc1ccccc1. The van der Waals surface area contributed by atoms with Crippen molar-refractivity contribution in [2.45, 2.75) is 26.7 Å². The Kier molecular flexibility index (Phi) is 6.12. The van der Waals surface area contributed by atoms with E-state index in [4.69, 9.17) is 10.1 Å². The third-order valence-electron chi connectivity index (χ3n) is 4.10. The molecule has 0 saturated heterocycles. The zero-order valence-corrected chi connectivity index (χ0v) is 15.8. The average Bonchev–Trinajstić information content (AvgIpc) is 3.05. The van der Waals surface area contributed by atoms with E-state index < -0.39 is 0 Å². The summed E-state index contributed by atoms with van der Waals surface area (Å²) >= 11 is 1.56. The number of halogens is 1. The van der Waals surface area contributed by atoms with Crippen molar-refractivity contribution in [1.82, 2.24) is 4.68 Å². The molecule has 0 atom stereocenters. The molecular formula is C21H22FN3S. The molecule has 3 rings (SSSR count). The summed E-state index contributed by atoms with van der Waals surface area (Å²) in [6, 6.07) is 16.8. The van der Waals surface area contributed by atoms with Crippen LogP contribution in [0.5, 0.6) is 0 Å². The fraction of sp³-hybridized carbons (Fsp3) is 0.238. The summed E-state index contributed by atoms with van der Waals surface area (Å²) in [4.78, 5) is 5.61. The van der Waals surface area contributed by atoms with Gasteiger partial charge in [0.25, 0.3) is 0 Å². The maximum Gasteiger partial charge on any atom is 0.206 e. The van der Waals surface area contributed by atoms with Crippen LogP contribution in [0.15, 0.2) is 70.1 Å². The van der Waals surface area contributed by atoms with Crippen molar-refractivity contribution in [3.63, 3.8) is 0 Å². The molecule has 0 aliphatic rings. The van der Waals surface area contributed by atoms with Gasteiger partial charge < -0.3 is 0 Å². The van der Waals surface area contributed by atoms with Crippen molar-refractivity contribution in [1.29, 1.82) is 0 Å². The van der Waals surface area contributed by atoms with Crippen molar-refractivity contribution in [3.8, 4) is 11.3 Å². The molecule has 3 nitrogen and oxygen atoms in total. The third kappa shape index (κ3) is 4.55. The highest BCUT2D eigenvalue weighted by molar-refractivity contribution is 7.07. The van der Waals surface area contributed by atoms with Crippen LogP contribution in [0.1, 0.15) is 25.8 Å². The topological polar surface area (TPSA) is 29.6 Å². The Morgan fingerprint density at radius 3 is 2.50 bits per heavy atom. The van der Waals surface area contributed by atoms with Crippen molar-refractivity contribution < 1.29 is 4.39 Å². The van der Waals surface area contributed by atoms with Crippen LogP contribution < -0.4 is 4.80 Å². The van der Waals surface area contributed by atoms with Gasteiger partial charge in [0, 0.05) is 23.2 Å². The molecule has 0 spiro atoms. The van der Waals surface area contributed by atoms with E-state index in [2.05, 4.69) is 19.1 Å². The van der Waals surface area contributed by atoms with Gasteiger partial charge in [-0.3, -0.25) is 4.99 Å². The van der Waals surface area contributed by atoms with Crippen LogP contribution in [-0.2, 0) is 6.42 Å². The van der Waals surface area contributed by atoms with Gasteiger partial charge in [-0.2, -0.15) is 5.10 Å². The van der Waals surface area contributed by atoms with Crippen LogP contribution in [0.4, 0.5) is 4.39 Å². The molecule has 1 heterocycles. The van der Waals surface area contributed by atoms with Crippen LogP contribution >= 0.6 is 11.3 Å². The Bertz CT molecular complexity index is 937. The molecule has 134 valence electrons. The maximum absolute atomic E-state index is 13.3. The van der Waals surface area contributed by atoms with Gasteiger partial charge in [-0.1, -0.05) is 37.3 Å². The summed E-state index contributed by atoms with van der Waals surface area (Å²) in [5.74, 6) is -0.239. The summed E-state index contributed by atoms with van der Waals surface area (Å²) in [6.45, 7) is 4.79. The van der Waals surface area contributed by atoms with E-state index in [-0.39, 0.29) is 5.82 Å². The van der Waals surface area contributed by atoms with Crippen LogP contribution in [0, 0.1) is 5.82 Å². The van der Waals surface area contributed by atoms with Crippen LogP contribution in [0.25, 0.3) is 11.3 Å². The third-order valence-corrected chi connectivity index (χ3v) is 4.95. The number of thiazole rings is 1. The molecule has 0 N–H and O–H groups in total. The van der Waals surface area contributed by atoms with Gasteiger partial charge in [0.05, 0.1) is 5.69 Å². The minimum atomic E-state index is -0.239. The molecule has 1 aromatic heterocycles. The molecule has 0 aliphatic carbocycles. The van der Waals surface area contributed by atoms with E-state index in [1.54, 1.807) is 23.5 Å². The Balaban J connectivity index is 1.94. The zero-order chi connectivity index (χ0) is 18.4. The van der Waals surface area contributed by atoms with E-state index in [0.29, 0.717) is 6.54 Å². The van der Waals surface area contributed by atoms with Gasteiger partial charge in [-0.15, -0.1) is 11.3 Å². The van der Waals surface area contributed by atoms with E-state index in [1.807, 2.05) is 35.2 Å². The predicted octanol–water partition coefficient (Wildman–Crippen LogP) is 5.13. The van der Waals surface area contributed by atoms with Crippen LogP contribution in [-0.4, -0.2) is 16.9 Å². The summed E-state index contributed by atoms with van der Waals surface area (Å²) in [6.07, 6.45) is 1.76. The highest BCUT2D eigenvalue weighted by atomic mass is 32.1. The molecule has 0 bridgehead atoms. The van der Waals surface area contributed by atoms with Gasteiger partial charge in [-0.25, -0.2) is 9.07 Å². The normalized spacial score (nSPS) is 12.6. The highest BCUT2D eigenvalue weighted by Gasteiger charge is 2.08. The molecule has 0 saturated carbocycles. The second-order valence-electron chi connectivity index (χ2n) is 6.03. The van der Waals surface area contributed by atoms with Gasteiger partial charge in [0.1, 0.15) is 5.82 Å². The summed E-state index contributed by atoms with van der Waals surface area (Å²) in [5, 5.41) is 6.75. The van der Waals surface area contributed by atoms with Gasteiger partial charge in [-0.05, 0) is 49.6 Å². The first-order valence-electron chi connectivity index (χ1n) is 8.72. The number of hydrogen-bond donors (Lipinski definition) is 0. The standard InChI is InChI=1S/C21H22FN3S/c1-3-16(2)24-25-20(18-9-11-19(22)12-10-18)15-26-21(25)23-14-13-17-7-5-4-6-8-17/h4-12,15H,3,13-14H2,1-2H3. The van der Waals surface area contributed by atoms with Gasteiger partial charge in [0.2, 0.25) is 4.80 Å². The Labute approximate surface area is 157 Å². The molecule has 5 heteroatoms. The first-order chi connectivity index (χ1) is 12.7.